The van der Waals surface area contributed by atoms with Crippen LogP contribution in [0.15, 0.2) is 30.3 Å². The van der Waals surface area contributed by atoms with Crippen LogP contribution >= 0.6 is 11.3 Å². The highest BCUT2D eigenvalue weighted by Crippen LogP contribution is 2.39. The van der Waals surface area contributed by atoms with Crippen molar-refractivity contribution in [1.29, 1.82) is 0 Å². The molecule has 11 heteroatoms. The third kappa shape index (κ3) is 8.77. The molecule has 0 fully saturated rings. The van der Waals surface area contributed by atoms with E-state index in [9.17, 15) is 9.59 Å². The van der Waals surface area contributed by atoms with Gasteiger partial charge in [-0.15, -0.1) is 11.3 Å². The van der Waals surface area contributed by atoms with Crippen LogP contribution in [0.1, 0.15) is 63.9 Å². The van der Waals surface area contributed by atoms with E-state index in [2.05, 4.69) is 13.8 Å². The van der Waals surface area contributed by atoms with E-state index in [-0.39, 0.29) is 18.4 Å². The minimum absolute atomic E-state index is 0.286. The topological polar surface area (TPSA) is 102 Å². The maximum absolute atomic E-state index is 14.0. The molecule has 0 atom stereocenters. The molecule has 0 N–H and O–H groups in total. The van der Waals surface area contributed by atoms with E-state index in [0.29, 0.717) is 109 Å². The number of aryl methyl sites for hydroxylation is 2. The standard InChI is InChI=1S/C37H47NO9S/c1-25-30-22-31-27(3)48-28(4)33(31)24-47-21-19-45-17-15-43-13-11-41-10-12-42-14-16-44-18-20-46-23-32(30)26(2)35-34(25)36(39)38(37(35)40)29-8-6-5-7-9-29/h5-9H,10-24H2,1-4H3. The Morgan fingerprint density at radius 3 is 1.38 bits per heavy atom. The molecule has 0 spiro atoms. The van der Waals surface area contributed by atoms with Crippen molar-refractivity contribution < 1.29 is 42.7 Å². The summed E-state index contributed by atoms with van der Waals surface area (Å²) in [7, 11) is 0. The first kappa shape index (κ1) is 36.3. The van der Waals surface area contributed by atoms with Gasteiger partial charge in [0, 0.05) is 9.75 Å². The number of ether oxygens (including phenoxy) is 7. The Morgan fingerprint density at radius 1 is 0.500 bits per heavy atom. The van der Waals surface area contributed by atoms with E-state index < -0.39 is 0 Å². The molecule has 48 heavy (non-hydrogen) atoms. The van der Waals surface area contributed by atoms with E-state index in [1.54, 1.807) is 23.5 Å². The van der Waals surface area contributed by atoms with Gasteiger partial charge in [0.15, 0.2) is 0 Å². The predicted molar refractivity (Wildman–Crippen MR) is 184 cm³/mol. The summed E-state index contributed by atoms with van der Waals surface area (Å²) in [5.41, 5.74) is 7.32. The van der Waals surface area contributed by atoms with Gasteiger partial charge in [-0.05, 0) is 79.6 Å². The van der Waals surface area contributed by atoms with E-state index >= 15 is 0 Å². The summed E-state index contributed by atoms with van der Waals surface area (Å²) in [6.45, 7) is 14.4. The fraction of sp³-hybridized carbons (Fsp3) is 0.514. The lowest BCUT2D eigenvalue weighted by atomic mass is 9.85. The molecule has 0 radical (unpaired) electrons. The smallest absolute Gasteiger partial charge is 0.266 e. The van der Waals surface area contributed by atoms with Gasteiger partial charge in [-0.25, -0.2) is 4.90 Å². The molecule has 0 aliphatic carbocycles. The Bertz CT molecular complexity index is 1540. The summed E-state index contributed by atoms with van der Waals surface area (Å²) in [4.78, 5) is 31.5. The number of benzene rings is 2. The summed E-state index contributed by atoms with van der Waals surface area (Å²) in [5, 5.41) is 0. The Hall–Kier alpha value is -3.00. The van der Waals surface area contributed by atoms with Crippen molar-refractivity contribution >= 4 is 28.8 Å². The average molecular weight is 682 g/mol. The van der Waals surface area contributed by atoms with E-state index in [1.807, 2.05) is 32.0 Å². The average Bonchev–Trinajstić information content (AvgIpc) is 3.50. The SMILES string of the molecule is Cc1sc(C)c2c1COCCOCCOCCOCCOCCOCCOCc1c(C)c3c(c(C)c1C2)C(=O)N(c1ccccc1)C3=O. The molecule has 3 aromatic rings. The second kappa shape index (κ2) is 18.1. The normalized spacial score (nSPS) is 18.7. The van der Waals surface area contributed by atoms with Crippen molar-refractivity contribution in [2.75, 3.05) is 84.2 Å². The van der Waals surface area contributed by atoms with Crippen molar-refractivity contribution in [3.05, 3.63) is 84.6 Å². The molecule has 0 saturated carbocycles. The Morgan fingerprint density at radius 2 is 0.896 bits per heavy atom. The molecule has 1 aromatic heterocycles. The van der Waals surface area contributed by atoms with Crippen LogP contribution in [0.2, 0.25) is 0 Å². The molecule has 2 aromatic carbocycles. The number of amides is 2. The number of anilines is 1. The number of carbonyl (C=O) groups excluding carboxylic acids is 2. The first-order valence-electron chi connectivity index (χ1n) is 16.6. The third-order valence-electron chi connectivity index (χ3n) is 8.72. The lowest BCUT2D eigenvalue weighted by Crippen LogP contribution is -2.29. The maximum Gasteiger partial charge on any atom is 0.266 e. The van der Waals surface area contributed by atoms with Crippen LogP contribution in [0.5, 0.6) is 0 Å². The molecule has 2 aliphatic rings. The van der Waals surface area contributed by atoms with Gasteiger partial charge >= 0.3 is 0 Å². The van der Waals surface area contributed by atoms with Gasteiger partial charge in [0.2, 0.25) is 0 Å². The number of imide groups is 1. The molecule has 260 valence electrons. The van der Waals surface area contributed by atoms with Crippen LogP contribution in [0.3, 0.4) is 0 Å². The molecule has 0 saturated heterocycles. The Kier molecular flexibility index (Phi) is 13.7. The van der Waals surface area contributed by atoms with Crippen LogP contribution in [0.25, 0.3) is 0 Å². The van der Waals surface area contributed by atoms with Gasteiger partial charge in [-0.1, -0.05) is 18.2 Å². The third-order valence-corrected chi connectivity index (χ3v) is 9.82. The summed E-state index contributed by atoms with van der Waals surface area (Å²) in [6.07, 6.45) is 0.589. The molecule has 2 aliphatic heterocycles. The fourth-order valence-electron chi connectivity index (χ4n) is 6.17. The number of thiophene rings is 1. The van der Waals surface area contributed by atoms with Crippen LogP contribution in [-0.4, -0.2) is 91.1 Å². The highest BCUT2D eigenvalue weighted by Gasteiger charge is 2.41. The lowest BCUT2D eigenvalue weighted by molar-refractivity contribution is -0.0218. The van der Waals surface area contributed by atoms with Gasteiger partial charge in [0.05, 0.1) is 109 Å². The molecule has 10 nitrogen and oxygen atoms in total. The first-order chi connectivity index (χ1) is 23.4. The van der Waals surface area contributed by atoms with Crippen molar-refractivity contribution in [2.45, 2.75) is 47.3 Å². The summed E-state index contributed by atoms with van der Waals surface area (Å²) < 4.78 is 40.4. The van der Waals surface area contributed by atoms with Gasteiger partial charge in [0.25, 0.3) is 11.8 Å². The monoisotopic (exact) mass is 681 g/mol. The Balaban J connectivity index is 1.42. The van der Waals surface area contributed by atoms with Crippen molar-refractivity contribution in [1.82, 2.24) is 0 Å². The highest BCUT2D eigenvalue weighted by molar-refractivity contribution is 7.12. The maximum atomic E-state index is 14.0. The van der Waals surface area contributed by atoms with Gasteiger partial charge < -0.3 is 33.2 Å². The van der Waals surface area contributed by atoms with Crippen LogP contribution in [-0.2, 0) is 52.8 Å². The fourth-order valence-corrected chi connectivity index (χ4v) is 7.25. The molecule has 0 unspecified atom stereocenters. The number of nitrogens with zero attached hydrogens (tertiary/aromatic N) is 1. The summed E-state index contributed by atoms with van der Waals surface area (Å²) in [6, 6.07) is 9.10. The molecule has 2 amide bonds. The molecular weight excluding hydrogens is 634 g/mol. The molecule has 3 heterocycles. The second-order valence-corrected chi connectivity index (χ2v) is 13.2. The van der Waals surface area contributed by atoms with E-state index in [0.717, 1.165) is 27.8 Å². The number of para-hydroxylation sites is 1. The quantitative estimate of drug-likeness (QED) is 0.308. The zero-order valence-electron chi connectivity index (χ0n) is 28.5. The Labute approximate surface area is 287 Å². The minimum atomic E-state index is -0.306. The van der Waals surface area contributed by atoms with Crippen LogP contribution in [0.4, 0.5) is 5.69 Å². The number of hydrogen-bond donors (Lipinski definition) is 0. The van der Waals surface area contributed by atoms with Crippen LogP contribution < -0.4 is 4.90 Å². The molecule has 5 rings (SSSR count). The molecule has 0 bridgehead atoms. The predicted octanol–water partition coefficient (Wildman–Crippen LogP) is 5.50. The summed E-state index contributed by atoms with van der Waals surface area (Å²) in [5.74, 6) is -0.601. The largest absolute Gasteiger partial charge is 0.377 e. The molecular formula is C37H47NO9S. The summed E-state index contributed by atoms with van der Waals surface area (Å²) >= 11 is 1.75. The first-order valence-corrected chi connectivity index (χ1v) is 17.4. The zero-order chi connectivity index (χ0) is 33.9. The number of fused-ring (bicyclic) bond motifs is 3. The van der Waals surface area contributed by atoms with Gasteiger partial charge in [-0.3, -0.25) is 9.59 Å². The zero-order valence-corrected chi connectivity index (χ0v) is 29.3. The number of carbonyl (C=O) groups is 2. The van der Waals surface area contributed by atoms with E-state index in [1.165, 1.54) is 20.2 Å². The van der Waals surface area contributed by atoms with Crippen molar-refractivity contribution in [2.24, 2.45) is 0 Å². The van der Waals surface area contributed by atoms with Crippen molar-refractivity contribution in [3.63, 3.8) is 0 Å². The van der Waals surface area contributed by atoms with Gasteiger partial charge in [-0.2, -0.15) is 0 Å². The van der Waals surface area contributed by atoms with Crippen LogP contribution in [0, 0.1) is 27.7 Å². The van der Waals surface area contributed by atoms with E-state index in [4.69, 9.17) is 33.2 Å². The number of hydrogen-bond acceptors (Lipinski definition) is 10. The van der Waals surface area contributed by atoms with Crippen molar-refractivity contribution in [3.8, 4) is 0 Å². The van der Waals surface area contributed by atoms with Gasteiger partial charge in [0.1, 0.15) is 0 Å². The highest BCUT2D eigenvalue weighted by atomic mass is 32.1. The lowest BCUT2D eigenvalue weighted by Gasteiger charge is -2.20. The minimum Gasteiger partial charge on any atom is -0.377 e. The number of rotatable bonds is 1. The second-order valence-electron chi connectivity index (χ2n) is 11.8.